The van der Waals surface area contributed by atoms with Gasteiger partial charge in [0.2, 0.25) is 53.2 Å². The number of benzene rings is 2. The van der Waals surface area contributed by atoms with Crippen molar-refractivity contribution < 1.29 is 43.2 Å². The average Bonchev–Trinajstić information content (AvgIpc) is 3.30. The lowest BCUT2D eigenvalue weighted by molar-refractivity contribution is -0.135. The van der Waals surface area contributed by atoms with Gasteiger partial charge in [0, 0.05) is 19.9 Å². The van der Waals surface area contributed by atoms with Gasteiger partial charge in [-0.3, -0.25) is 43.2 Å². The molecule has 2 unspecified atom stereocenters. The van der Waals surface area contributed by atoms with E-state index in [1.807, 2.05) is 52.0 Å². The lowest BCUT2D eigenvalue weighted by atomic mass is 9.87. The Labute approximate surface area is 404 Å². The quantitative estimate of drug-likeness (QED) is 0.0842. The van der Waals surface area contributed by atoms with Gasteiger partial charge in [-0.05, 0) is 100 Å². The molecular weight excluding hydrogens is 889 g/mol. The van der Waals surface area contributed by atoms with Crippen LogP contribution >= 0.6 is 0 Å². The fourth-order valence-corrected chi connectivity index (χ4v) is 8.02. The first kappa shape index (κ1) is 56.9. The molecule has 0 aliphatic carbocycles. The van der Waals surface area contributed by atoms with E-state index in [0.29, 0.717) is 12.0 Å². The number of nitrogens with two attached hydrogens (primary N) is 3. The van der Waals surface area contributed by atoms with Crippen molar-refractivity contribution >= 4 is 53.2 Å². The topological polar surface area (TPSA) is 340 Å². The van der Waals surface area contributed by atoms with Crippen molar-refractivity contribution in [3.05, 3.63) is 71.3 Å². The van der Waals surface area contributed by atoms with Crippen LogP contribution in [-0.4, -0.2) is 128 Å². The number of carbonyl (C=O) groups excluding carboxylic acids is 9. The van der Waals surface area contributed by atoms with Gasteiger partial charge < -0.3 is 65.1 Å². The monoisotopic (exact) mass is 963 g/mol. The Kier molecular flexibility index (Phi) is 24.3. The van der Waals surface area contributed by atoms with E-state index in [2.05, 4.69) is 47.9 Å². The zero-order valence-electron chi connectivity index (χ0n) is 40.5. The van der Waals surface area contributed by atoms with Crippen LogP contribution in [0.2, 0.25) is 0 Å². The summed E-state index contributed by atoms with van der Waals surface area (Å²) in [4.78, 5) is 124. The fourth-order valence-electron chi connectivity index (χ4n) is 8.02. The molecule has 21 nitrogen and oxygen atoms in total. The van der Waals surface area contributed by atoms with Crippen LogP contribution in [0.4, 0.5) is 0 Å². The lowest BCUT2D eigenvalue weighted by Crippen LogP contribution is -2.60. The summed E-state index contributed by atoms with van der Waals surface area (Å²) in [6.07, 6.45) is 0.478. The van der Waals surface area contributed by atoms with Crippen LogP contribution in [0.15, 0.2) is 54.6 Å². The highest BCUT2D eigenvalue weighted by Gasteiger charge is 2.34. The Bertz CT molecular complexity index is 2060. The highest BCUT2D eigenvalue weighted by Crippen LogP contribution is 2.27. The third kappa shape index (κ3) is 19.2. The number of amides is 9. The van der Waals surface area contributed by atoms with Crippen molar-refractivity contribution in [2.24, 2.45) is 23.1 Å². The molecule has 1 saturated heterocycles. The molecular formula is C48H74N12O9. The molecule has 1 fully saturated rings. The molecule has 0 radical (unpaired) electrons. The molecule has 2 aromatic carbocycles. The molecule has 1 aliphatic rings. The van der Waals surface area contributed by atoms with Crippen molar-refractivity contribution in [2.45, 2.75) is 134 Å². The molecule has 0 saturated carbocycles. The predicted octanol–water partition coefficient (Wildman–Crippen LogP) is -1.74. The van der Waals surface area contributed by atoms with Crippen LogP contribution in [0.5, 0.6) is 0 Å². The Morgan fingerprint density at radius 1 is 0.667 bits per heavy atom. The Morgan fingerprint density at radius 2 is 1.22 bits per heavy atom. The van der Waals surface area contributed by atoms with Gasteiger partial charge in [-0.15, -0.1) is 0 Å². The molecule has 21 heteroatoms. The molecule has 0 bridgehead atoms. The summed E-state index contributed by atoms with van der Waals surface area (Å²) in [5, 5.41) is 24.0. The van der Waals surface area contributed by atoms with Crippen molar-refractivity contribution in [3.63, 3.8) is 0 Å². The molecule has 380 valence electrons. The van der Waals surface area contributed by atoms with E-state index >= 15 is 0 Å². The van der Waals surface area contributed by atoms with Crippen LogP contribution in [0.3, 0.4) is 0 Å². The summed E-state index contributed by atoms with van der Waals surface area (Å²) in [6, 6.07) is 7.66. The maximum absolute atomic E-state index is 14.2. The summed E-state index contributed by atoms with van der Waals surface area (Å²) in [5.74, 6) is -6.82. The van der Waals surface area contributed by atoms with E-state index in [1.165, 1.54) is 6.92 Å². The summed E-state index contributed by atoms with van der Waals surface area (Å²) >= 11 is 0. The molecule has 9 amide bonds. The van der Waals surface area contributed by atoms with Gasteiger partial charge in [-0.1, -0.05) is 75.4 Å². The lowest BCUT2D eigenvalue weighted by Gasteiger charge is -2.28. The third-order valence-corrected chi connectivity index (χ3v) is 11.7. The van der Waals surface area contributed by atoms with Gasteiger partial charge >= 0.3 is 0 Å². The second-order valence-corrected chi connectivity index (χ2v) is 17.7. The van der Waals surface area contributed by atoms with Crippen molar-refractivity contribution in [1.82, 2.24) is 47.9 Å². The highest BCUT2D eigenvalue weighted by molar-refractivity contribution is 5.98. The van der Waals surface area contributed by atoms with E-state index in [9.17, 15) is 43.2 Å². The van der Waals surface area contributed by atoms with Gasteiger partial charge in [0.1, 0.15) is 42.3 Å². The molecule has 3 rings (SSSR count). The van der Waals surface area contributed by atoms with Crippen molar-refractivity contribution in [3.8, 4) is 0 Å². The second-order valence-electron chi connectivity index (χ2n) is 17.7. The number of nitrogens with one attached hydrogen (secondary N) is 9. The molecule has 2 aromatic rings. The number of rotatable bonds is 17. The molecule has 1 aliphatic heterocycles. The third-order valence-electron chi connectivity index (χ3n) is 11.7. The van der Waals surface area contributed by atoms with Gasteiger partial charge in [-0.2, -0.15) is 0 Å². The largest absolute Gasteiger partial charge is 0.354 e. The second kappa shape index (κ2) is 29.4. The van der Waals surface area contributed by atoms with E-state index in [4.69, 9.17) is 17.2 Å². The van der Waals surface area contributed by atoms with Crippen LogP contribution in [-0.2, 0) is 49.6 Å². The Balaban J connectivity index is 2.13. The van der Waals surface area contributed by atoms with E-state index < -0.39 is 102 Å². The number of hydrogen-bond donors (Lipinski definition) is 12. The number of aryl methyl sites for hydroxylation is 1. The fraction of sp³-hybridized carbons (Fsp3) is 0.562. The molecule has 0 spiro atoms. The van der Waals surface area contributed by atoms with Crippen LogP contribution < -0.4 is 65.1 Å². The van der Waals surface area contributed by atoms with Crippen LogP contribution in [0.1, 0.15) is 95.2 Å². The maximum Gasteiger partial charge on any atom is 0.243 e. The molecule has 8 atom stereocenters. The van der Waals surface area contributed by atoms with E-state index in [0.717, 1.165) is 11.1 Å². The van der Waals surface area contributed by atoms with Gasteiger partial charge in [0.05, 0.1) is 6.54 Å². The first-order valence-electron chi connectivity index (χ1n) is 23.7. The van der Waals surface area contributed by atoms with Gasteiger partial charge in [0.15, 0.2) is 0 Å². The van der Waals surface area contributed by atoms with Crippen LogP contribution in [0.25, 0.3) is 0 Å². The standard InChI is InChI=1S/C48H74N12O9/c1-6-32(33-15-11-10-12-29(33)4)26-40-43(64)52-23-19-37(58-44(65)35(17-21-50)54-30(5)61)46(67)57-36(18-22-51)45(66)60-39(25-31-13-8-7-9-14-31)48(69)59-38(24-28(2)3)47(68)56-34(16-20-49)42(63)53-27-41(62)55-40/h7-15,28,32,34-40H,6,16-27,49-51H2,1-5H3,(H,52,64)(H,53,63)(H,54,61)(H,55,62)(H,56,68)(H,57,67)(H,58,65)(H,59,69)(H,60,66)/t32?,34-,35?,36-,37-,38-,39+,40-/m0/s1. The minimum Gasteiger partial charge on any atom is -0.354 e. The molecule has 69 heavy (non-hydrogen) atoms. The predicted molar refractivity (Wildman–Crippen MR) is 259 cm³/mol. The normalized spacial score (nSPS) is 22.6. The number of hydrogen-bond acceptors (Lipinski definition) is 12. The number of carbonyl (C=O) groups is 9. The molecule has 0 aromatic heterocycles. The summed E-state index contributed by atoms with van der Waals surface area (Å²) in [6.45, 7) is 7.86. The SMILES string of the molecule is CCC(C[C@@H]1NC(=O)CNC(=O)[C@H](CCN)NC(=O)[C@H](CC(C)C)NC(=O)[C@@H](Cc2ccccc2)NC(=O)[C@H](CCN)NC(=O)[C@@H](NC(=O)C(CCN)NC(C)=O)CCNC1=O)c1ccccc1C. The van der Waals surface area contributed by atoms with Crippen LogP contribution in [0, 0.1) is 12.8 Å². The maximum atomic E-state index is 14.2. The van der Waals surface area contributed by atoms with Crippen molar-refractivity contribution in [1.29, 1.82) is 0 Å². The summed E-state index contributed by atoms with van der Waals surface area (Å²) < 4.78 is 0. The van der Waals surface area contributed by atoms with E-state index in [1.54, 1.807) is 30.3 Å². The molecule has 1 heterocycles. The average molecular weight is 963 g/mol. The van der Waals surface area contributed by atoms with Crippen molar-refractivity contribution in [2.75, 3.05) is 32.7 Å². The zero-order chi connectivity index (χ0) is 51.0. The Morgan fingerprint density at radius 3 is 1.83 bits per heavy atom. The first-order valence-corrected chi connectivity index (χ1v) is 23.7. The zero-order valence-corrected chi connectivity index (χ0v) is 40.5. The molecule has 15 N–H and O–H groups in total. The summed E-state index contributed by atoms with van der Waals surface area (Å²) in [5.41, 5.74) is 20.1. The highest BCUT2D eigenvalue weighted by atomic mass is 16.2. The van der Waals surface area contributed by atoms with E-state index in [-0.39, 0.29) is 83.0 Å². The smallest absolute Gasteiger partial charge is 0.243 e. The minimum atomic E-state index is -1.42. The van der Waals surface area contributed by atoms with Gasteiger partial charge in [0.25, 0.3) is 0 Å². The summed E-state index contributed by atoms with van der Waals surface area (Å²) in [7, 11) is 0. The Hall–Kier alpha value is -6.45. The first-order chi connectivity index (χ1) is 32.9. The van der Waals surface area contributed by atoms with Gasteiger partial charge in [-0.25, -0.2) is 0 Å². The minimum absolute atomic E-state index is 0.0109.